The number of ether oxygens (including phenoxy) is 1. The predicted octanol–water partition coefficient (Wildman–Crippen LogP) is 4.96. The minimum Gasteiger partial charge on any atom is -0.487 e. The van der Waals surface area contributed by atoms with Gasteiger partial charge in [0, 0.05) is 16.5 Å². The molecule has 0 saturated carbocycles. The van der Waals surface area contributed by atoms with Gasteiger partial charge in [-0.05, 0) is 61.3 Å². The molecule has 2 aromatic rings. The van der Waals surface area contributed by atoms with Crippen LogP contribution < -0.4 is 10.1 Å². The van der Waals surface area contributed by atoms with Gasteiger partial charge in [0.05, 0.1) is 30.9 Å². The third-order valence-electron chi connectivity index (χ3n) is 5.96. The summed E-state index contributed by atoms with van der Waals surface area (Å²) in [6.45, 7) is 4.42. The van der Waals surface area contributed by atoms with Crippen LogP contribution in [0.25, 0.3) is 0 Å². The van der Waals surface area contributed by atoms with E-state index in [9.17, 15) is 5.26 Å². The molecule has 1 fully saturated rings. The molecule has 0 aromatic heterocycles. The number of hydrogen-bond acceptors (Lipinski definition) is 5. The van der Waals surface area contributed by atoms with Crippen molar-refractivity contribution >= 4 is 34.7 Å². The van der Waals surface area contributed by atoms with Crippen molar-refractivity contribution in [2.45, 2.75) is 44.4 Å². The van der Waals surface area contributed by atoms with Gasteiger partial charge in [0.15, 0.2) is 0 Å². The summed E-state index contributed by atoms with van der Waals surface area (Å²) in [6, 6.07) is 15.6. The number of likely N-dealkylation sites (tertiary alicyclic amines) is 1. The minimum atomic E-state index is 0.0780. The number of aliphatic imine (C=N–C) groups is 2. The molecule has 0 amide bonds. The van der Waals surface area contributed by atoms with E-state index in [1.807, 2.05) is 54.7 Å². The van der Waals surface area contributed by atoms with Crippen LogP contribution in [-0.2, 0) is 0 Å². The average Bonchev–Trinajstić information content (AvgIpc) is 3.18. The molecule has 4 rings (SSSR count). The molecule has 2 unspecified atom stereocenters. The maximum absolute atomic E-state index is 9.19. The first-order valence-corrected chi connectivity index (χ1v) is 12.0. The van der Waals surface area contributed by atoms with Crippen LogP contribution in [0, 0.1) is 11.5 Å². The van der Waals surface area contributed by atoms with Crippen LogP contribution in [0.5, 0.6) is 5.75 Å². The van der Waals surface area contributed by atoms with Gasteiger partial charge in [-0.15, -0.1) is 0 Å². The molecule has 2 aromatic carbocycles. The van der Waals surface area contributed by atoms with Crippen molar-refractivity contribution in [2.75, 3.05) is 19.6 Å². The first-order chi connectivity index (χ1) is 16.1. The Morgan fingerprint density at radius 1 is 1.15 bits per heavy atom. The van der Waals surface area contributed by atoms with Crippen molar-refractivity contribution in [1.29, 1.82) is 5.26 Å². The van der Waals surface area contributed by atoms with Crippen LogP contribution >= 0.6 is 23.2 Å². The van der Waals surface area contributed by atoms with E-state index in [0.717, 1.165) is 47.3 Å². The highest BCUT2D eigenvalue weighted by Crippen LogP contribution is 2.26. The molecule has 2 atom stereocenters. The average molecular weight is 484 g/mol. The summed E-state index contributed by atoms with van der Waals surface area (Å²) < 4.78 is 5.98. The SMILES string of the molecule is CCNC1CC(CCC(=NC#N)N2CC(Oc3ccc(Cl)cc3)C2)N=C1c1ccc(Cl)cc1. The Balaban J connectivity index is 1.33. The fourth-order valence-corrected chi connectivity index (χ4v) is 4.55. The number of nitrogens with zero attached hydrogens (tertiary/aromatic N) is 4. The van der Waals surface area contributed by atoms with E-state index in [2.05, 4.69) is 22.1 Å². The predicted molar refractivity (Wildman–Crippen MR) is 134 cm³/mol. The topological polar surface area (TPSA) is 73.0 Å². The Bertz CT molecular complexity index is 1040. The highest BCUT2D eigenvalue weighted by atomic mass is 35.5. The monoisotopic (exact) mass is 483 g/mol. The normalized spacial score (nSPS) is 20.8. The lowest BCUT2D eigenvalue weighted by Crippen LogP contribution is -2.56. The molecule has 2 aliphatic heterocycles. The highest BCUT2D eigenvalue weighted by molar-refractivity contribution is 6.31. The first kappa shape index (κ1) is 23.6. The standard InChI is InChI=1S/C25H27Cl2N5O/c1-2-29-23-13-20(31-25(23)17-3-5-18(26)6-4-17)9-12-24(30-16-28)32-14-22(15-32)33-21-10-7-19(27)8-11-21/h3-8,10-11,20,22-23,29H,2,9,12-15H2,1H3. The van der Waals surface area contributed by atoms with Gasteiger partial charge in [-0.2, -0.15) is 10.3 Å². The van der Waals surface area contributed by atoms with E-state index in [-0.39, 0.29) is 18.2 Å². The van der Waals surface area contributed by atoms with Crippen molar-refractivity contribution in [3.8, 4) is 11.9 Å². The molecule has 0 spiro atoms. The minimum absolute atomic E-state index is 0.0780. The fourth-order valence-electron chi connectivity index (χ4n) is 4.30. The summed E-state index contributed by atoms with van der Waals surface area (Å²) in [5.74, 6) is 1.61. The van der Waals surface area contributed by atoms with Crippen molar-refractivity contribution in [3.05, 3.63) is 64.1 Å². The lowest BCUT2D eigenvalue weighted by atomic mass is 9.99. The van der Waals surface area contributed by atoms with Crippen molar-refractivity contribution in [1.82, 2.24) is 10.2 Å². The molecule has 6 nitrogen and oxygen atoms in total. The van der Waals surface area contributed by atoms with E-state index in [4.69, 9.17) is 32.9 Å². The molecule has 33 heavy (non-hydrogen) atoms. The van der Waals surface area contributed by atoms with Crippen LogP contribution in [0.2, 0.25) is 10.0 Å². The van der Waals surface area contributed by atoms with E-state index < -0.39 is 0 Å². The molecule has 1 saturated heterocycles. The summed E-state index contributed by atoms with van der Waals surface area (Å²) in [6.07, 6.45) is 4.53. The number of hydrogen-bond donors (Lipinski definition) is 1. The van der Waals surface area contributed by atoms with Gasteiger partial charge < -0.3 is 15.0 Å². The zero-order valence-corrected chi connectivity index (χ0v) is 20.1. The Labute approximate surface area is 204 Å². The first-order valence-electron chi connectivity index (χ1n) is 11.3. The third kappa shape index (κ3) is 6.05. The largest absolute Gasteiger partial charge is 0.487 e. The lowest BCUT2D eigenvalue weighted by Gasteiger charge is -2.40. The number of benzene rings is 2. The van der Waals surface area contributed by atoms with Crippen LogP contribution in [-0.4, -0.2) is 54.3 Å². The van der Waals surface area contributed by atoms with Gasteiger partial charge in [0.25, 0.3) is 0 Å². The van der Waals surface area contributed by atoms with Crippen LogP contribution in [0.1, 0.15) is 31.7 Å². The second-order valence-corrected chi connectivity index (χ2v) is 9.16. The quantitative estimate of drug-likeness (QED) is 0.327. The van der Waals surface area contributed by atoms with Gasteiger partial charge in [-0.1, -0.05) is 42.3 Å². The van der Waals surface area contributed by atoms with E-state index in [1.165, 1.54) is 0 Å². The zero-order chi connectivity index (χ0) is 23.2. The molecule has 172 valence electrons. The second kappa shape index (κ2) is 11.0. The molecule has 8 heteroatoms. The molecule has 2 aliphatic rings. The number of nitrogens with one attached hydrogen (secondary N) is 1. The molecular weight excluding hydrogens is 457 g/mol. The van der Waals surface area contributed by atoms with Crippen LogP contribution in [0.3, 0.4) is 0 Å². The lowest BCUT2D eigenvalue weighted by molar-refractivity contribution is 0.0662. The van der Waals surface area contributed by atoms with E-state index >= 15 is 0 Å². The smallest absolute Gasteiger partial charge is 0.207 e. The Morgan fingerprint density at radius 3 is 2.45 bits per heavy atom. The molecule has 1 N–H and O–H groups in total. The van der Waals surface area contributed by atoms with Gasteiger partial charge in [0.1, 0.15) is 17.7 Å². The highest BCUT2D eigenvalue weighted by Gasteiger charge is 2.33. The summed E-state index contributed by atoms with van der Waals surface area (Å²) in [4.78, 5) is 11.2. The number of likely N-dealkylation sites (N-methyl/N-ethyl adjacent to an activating group) is 1. The molecule has 2 heterocycles. The Kier molecular flexibility index (Phi) is 7.87. The number of rotatable bonds is 8. The summed E-state index contributed by atoms with van der Waals surface area (Å²) in [5, 5.41) is 14.1. The van der Waals surface area contributed by atoms with Crippen molar-refractivity contribution in [3.63, 3.8) is 0 Å². The molecule has 0 aliphatic carbocycles. The van der Waals surface area contributed by atoms with Gasteiger partial charge in [0.2, 0.25) is 6.19 Å². The molecular formula is C25H27Cl2N5O. The van der Waals surface area contributed by atoms with Gasteiger partial charge in [-0.3, -0.25) is 4.99 Å². The number of nitriles is 1. The molecule has 0 bridgehead atoms. The summed E-state index contributed by atoms with van der Waals surface area (Å²) in [7, 11) is 0. The maximum Gasteiger partial charge on any atom is 0.207 e. The van der Waals surface area contributed by atoms with Crippen molar-refractivity contribution in [2.24, 2.45) is 9.98 Å². The van der Waals surface area contributed by atoms with Gasteiger partial charge >= 0.3 is 0 Å². The Morgan fingerprint density at radius 2 is 1.82 bits per heavy atom. The number of halogens is 2. The zero-order valence-electron chi connectivity index (χ0n) is 18.5. The van der Waals surface area contributed by atoms with Crippen LogP contribution in [0.15, 0.2) is 58.5 Å². The summed E-state index contributed by atoms with van der Waals surface area (Å²) >= 11 is 12.0. The number of amidine groups is 1. The van der Waals surface area contributed by atoms with E-state index in [1.54, 1.807) is 0 Å². The molecule has 0 radical (unpaired) electrons. The maximum atomic E-state index is 9.19. The summed E-state index contributed by atoms with van der Waals surface area (Å²) in [5.41, 5.74) is 2.18. The van der Waals surface area contributed by atoms with Crippen molar-refractivity contribution < 1.29 is 4.74 Å². The second-order valence-electron chi connectivity index (χ2n) is 8.29. The Hall–Kier alpha value is -2.59. The third-order valence-corrected chi connectivity index (χ3v) is 6.46. The fraction of sp³-hybridized carbons (Fsp3) is 0.400. The van der Waals surface area contributed by atoms with Crippen LogP contribution in [0.4, 0.5) is 0 Å². The van der Waals surface area contributed by atoms with E-state index in [0.29, 0.717) is 24.5 Å². The van der Waals surface area contributed by atoms with Gasteiger partial charge in [-0.25, -0.2) is 0 Å².